The van der Waals surface area contributed by atoms with Gasteiger partial charge in [-0.1, -0.05) is 71.4 Å². The van der Waals surface area contributed by atoms with Crippen LogP contribution in [0.4, 0.5) is 10.5 Å². The first-order valence-corrected chi connectivity index (χ1v) is 10.9. The number of benzene rings is 3. The maximum atomic E-state index is 12.9. The van der Waals surface area contributed by atoms with Crippen LogP contribution in [0.5, 0.6) is 5.75 Å². The molecule has 30 heavy (non-hydrogen) atoms. The molecule has 2 amide bonds. The van der Waals surface area contributed by atoms with E-state index in [-0.39, 0.29) is 11.1 Å². The number of halogens is 2. The zero-order valence-corrected chi connectivity index (χ0v) is 18.1. The van der Waals surface area contributed by atoms with E-state index in [1.807, 2.05) is 48.5 Å². The highest BCUT2D eigenvalue weighted by molar-refractivity contribution is 8.15. The van der Waals surface area contributed by atoms with Gasteiger partial charge >= 0.3 is 0 Å². The Morgan fingerprint density at radius 2 is 1.53 bits per heavy atom. The largest absolute Gasteiger partial charge is 0.489 e. The molecular formula is C23H17Cl2NO3S. The molecule has 0 unspecified atom stereocenters. The van der Waals surface area contributed by atoms with Crippen LogP contribution in [0.1, 0.15) is 11.1 Å². The first-order chi connectivity index (χ1) is 14.5. The fraction of sp³-hybridized carbons (Fsp3) is 0.130. The van der Waals surface area contributed by atoms with E-state index in [0.717, 1.165) is 22.9 Å². The number of carbonyl (C=O) groups is 2. The second kappa shape index (κ2) is 9.13. The summed E-state index contributed by atoms with van der Waals surface area (Å²) in [4.78, 5) is 26.6. The third kappa shape index (κ3) is 4.48. The summed E-state index contributed by atoms with van der Waals surface area (Å²) in [5, 5.41) is 0.382. The summed E-state index contributed by atoms with van der Waals surface area (Å²) in [6.45, 7) is 0.318. The number of para-hydroxylation sites is 1. The highest BCUT2D eigenvalue weighted by atomic mass is 35.5. The molecule has 1 aliphatic heterocycles. The zero-order chi connectivity index (χ0) is 21.1. The van der Waals surface area contributed by atoms with E-state index in [0.29, 0.717) is 34.5 Å². The average molecular weight is 458 g/mol. The third-order valence-corrected chi connectivity index (χ3v) is 6.38. The number of ether oxygens (including phenoxy) is 1. The van der Waals surface area contributed by atoms with Gasteiger partial charge in [0.05, 0.1) is 10.9 Å². The molecule has 0 bridgehead atoms. The van der Waals surface area contributed by atoms with Crippen molar-refractivity contribution in [3.63, 3.8) is 0 Å². The number of hydrogen-bond donors (Lipinski definition) is 0. The standard InChI is InChI=1S/C23H17Cl2NO3S/c24-17-9-11-18(12-10-17)26-22(27)21(30-23(26)28)13-15-5-2-4-8-20(15)29-14-16-6-1-3-7-19(16)25/h1-12,21H,13-14H2/t21-/m0/s1. The van der Waals surface area contributed by atoms with E-state index >= 15 is 0 Å². The van der Waals surface area contributed by atoms with Gasteiger partial charge in [-0.05, 0) is 48.4 Å². The minimum Gasteiger partial charge on any atom is -0.489 e. The second-order valence-corrected chi connectivity index (χ2v) is 8.71. The van der Waals surface area contributed by atoms with Gasteiger partial charge < -0.3 is 4.74 Å². The summed E-state index contributed by atoms with van der Waals surface area (Å²) >= 11 is 13.1. The molecule has 7 heteroatoms. The van der Waals surface area contributed by atoms with E-state index in [2.05, 4.69) is 0 Å². The smallest absolute Gasteiger partial charge is 0.293 e. The second-order valence-electron chi connectivity index (χ2n) is 6.71. The zero-order valence-electron chi connectivity index (χ0n) is 15.8. The predicted octanol–water partition coefficient (Wildman–Crippen LogP) is 6.38. The van der Waals surface area contributed by atoms with Gasteiger partial charge in [0.2, 0.25) is 5.91 Å². The number of hydrogen-bond acceptors (Lipinski definition) is 4. The third-order valence-electron chi connectivity index (χ3n) is 4.73. The first kappa shape index (κ1) is 20.8. The quantitative estimate of drug-likeness (QED) is 0.430. The fourth-order valence-corrected chi connectivity index (χ4v) is 4.52. The van der Waals surface area contributed by atoms with Crippen LogP contribution in [0, 0.1) is 0 Å². The van der Waals surface area contributed by atoms with Crippen molar-refractivity contribution in [2.24, 2.45) is 0 Å². The Balaban J connectivity index is 1.49. The van der Waals surface area contributed by atoms with Crippen molar-refractivity contribution in [3.8, 4) is 5.75 Å². The van der Waals surface area contributed by atoms with Gasteiger partial charge in [0.1, 0.15) is 12.4 Å². The van der Waals surface area contributed by atoms with Crippen molar-refractivity contribution in [2.45, 2.75) is 18.3 Å². The first-order valence-electron chi connectivity index (χ1n) is 9.27. The molecule has 3 aromatic rings. The summed E-state index contributed by atoms with van der Waals surface area (Å²) in [6.07, 6.45) is 0.387. The van der Waals surface area contributed by atoms with E-state index < -0.39 is 5.25 Å². The molecule has 1 heterocycles. The van der Waals surface area contributed by atoms with Gasteiger partial charge in [-0.25, -0.2) is 4.90 Å². The molecule has 0 aromatic heterocycles. The van der Waals surface area contributed by atoms with Gasteiger partial charge in [0.25, 0.3) is 5.24 Å². The number of thioether (sulfide) groups is 1. The Morgan fingerprint density at radius 3 is 2.27 bits per heavy atom. The molecule has 1 aliphatic rings. The number of rotatable bonds is 6. The summed E-state index contributed by atoms with van der Waals surface area (Å²) in [5.74, 6) is 0.427. The lowest BCUT2D eigenvalue weighted by molar-refractivity contribution is -0.117. The van der Waals surface area contributed by atoms with E-state index in [4.69, 9.17) is 27.9 Å². The lowest BCUT2D eigenvalue weighted by Crippen LogP contribution is -2.32. The van der Waals surface area contributed by atoms with Gasteiger partial charge in [-0.2, -0.15) is 0 Å². The molecule has 0 saturated carbocycles. The van der Waals surface area contributed by atoms with Crippen LogP contribution in [0.2, 0.25) is 10.0 Å². The van der Waals surface area contributed by atoms with Gasteiger partial charge in [0, 0.05) is 15.6 Å². The molecule has 1 fully saturated rings. The van der Waals surface area contributed by atoms with Crippen molar-refractivity contribution >= 4 is 51.8 Å². The van der Waals surface area contributed by atoms with Crippen molar-refractivity contribution in [3.05, 3.63) is 94.0 Å². The van der Waals surface area contributed by atoms with Gasteiger partial charge in [0.15, 0.2) is 0 Å². The summed E-state index contributed by atoms with van der Waals surface area (Å²) in [6, 6.07) is 21.7. The highest BCUT2D eigenvalue weighted by Gasteiger charge is 2.40. The molecule has 1 saturated heterocycles. The van der Waals surface area contributed by atoms with Crippen LogP contribution in [0.3, 0.4) is 0 Å². The van der Waals surface area contributed by atoms with Crippen molar-refractivity contribution in [2.75, 3.05) is 4.90 Å². The molecule has 4 rings (SSSR count). The lowest BCUT2D eigenvalue weighted by atomic mass is 10.1. The van der Waals surface area contributed by atoms with Gasteiger partial charge in [-0.15, -0.1) is 0 Å². The molecule has 0 spiro atoms. The summed E-state index contributed by atoms with van der Waals surface area (Å²) in [5.41, 5.74) is 2.26. The normalized spacial score (nSPS) is 16.2. The minimum absolute atomic E-state index is 0.242. The highest BCUT2D eigenvalue weighted by Crippen LogP contribution is 2.35. The summed E-state index contributed by atoms with van der Waals surface area (Å²) in [7, 11) is 0. The monoisotopic (exact) mass is 457 g/mol. The summed E-state index contributed by atoms with van der Waals surface area (Å²) < 4.78 is 5.98. The van der Waals surface area contributed by atoms with E-state index in [1.54, 1.807) is 24.3 Å². The Hall–Kier alpha value is -2.47. The molecular weight excluding hydrogens is 441 g/mol. The molecule has 3 aromatic carbocycles. The Kier molecular flexibility index (Phi) is 6.32. The minimum atomic E-state index is -0.516. The van der Waals surface area contributed by atoms with E-state index in [1.165, 1.54) is 4.90 Å². The molecule has 1 atom stereocenters. The molecule has 4 nitrogen and oxygen atoms in total. The Labute approximate surface area is 188 Å². The Bertz CT molecular complexity index is 1090. The fourth-order valence-electron chi connectivity index (χ4n) is 3.19. The van der Waals surface area contributed by atoms with Crippen molar-refractivity contribution in [1.82, 2.24) is 0 Å². The topological polar surface area (TPSA) is 46.6 Å². The van der Waals surface area contributed by atoms with Crippen LogP contribution in [-0.2, 0) is 17.8 Å². The van der Waals surface area contributed by atoms with Crippen LogP contribution >= 0.6 is 35.0 Å². The average Bonchev–Trinajstić information content (AvgIpc) is 3.02. The number of imide groups is 1. The van der Waals surface area contributed by atoms with E-state index in [9.17, 15) is 9.59 Å². The SMILES string of the molecule is O=C1S[C@@H](Cc2ccccc2OCc2ccccc2Cl)C(=O)N1c1ccc(Cl)cc1. The maximum absolute atomic E-state index is 12.9. The van der Waals surface area contributed by atoms with Gasteiger partial charge in [-0.3, -0.25) is 9.59 Å². The van der Waals surface area contributed by atoms with Crippen LogP contribution in [-0.4, -0.2) is 16.4 Å². The lowest BCUT2D eigenvalue weighted by Gasteiger charge is -2.15. The molecule has 152 valence electrons. The number of carbonyl (C=O) groups excluding carboxylic acids is 2. The maximum Gasteiger partial charge on any atom is 0.293 e. The van der Waals surface area contributed by atoms with Crippen LogP contribution < -0.4 is 9.64 Å². The predicted molar refractivity (Wildman–Crippen MR) is 122 cm³/mol. The number of anilines is 1. The van der Waals surface area contributed by atoms with Crippen molar-refractivity contribution in [1.29, 1.82) is 0 Å². The number of nitrogens with zero attached hydrogens (tertiary/aromatic N) is 1. The van der Waals surface area contributed by atoms with Crippen molar-refractivity contribution < 1.29 is 14.3 Å². The molecule has 0 N–H and O–H groups in total. The molecule has 0 radical (unpaired) electrons. The molecule has 0 aliphatic carbocycles. The number of amides is 2. The van der Waals surface area contributed by atoms with Crippen LogP contribution in [0.25, 0.3) is 0 Å². The van der Waals surface area contributed by atoms with Crippen LogP contribution in [0.15, 0.2) is 72.8 Å². The Morgan fingerprint density at radius 1 is 0.867 bits per heavy atom.